The Hall–Kier alpha value is -1.22. The molecule has 0 saturated heterocycles. The maximum Gasteiger partial charge on any atom is 0.164 e. The van der Waals surface area contributed by atoms with Crippen LogP contribution in [0.4, 0.5) is 8.78 Å². The van der Waals surface area contributed by atoms with Crippen molar-refractivity contribution in [2.24, 2.45) is 5.92 Å². The van der Waals surface area contributed by atoms with E-state index in [4.69, 9.17) is 0 Å². The molecule has 0 amide bonds. The predicted octanol–water partition coefficient (Wildman–Crippen LogP) is 3.53. The normalized spacial score (nSPS) is 29.0. The molecule has 0 bridgehead atoms. The second-order valence-corrected chi connectivity index (χ2v) is 4.71. The highest BCUT2D eigenvalue weighted by molar-refractivity contribution is 5.26. The molecule has 0 unspecified atom stereocenters. The van der Waals surface area contributed by atoms with E-state index >= 15 is 0 Å². The third-order valence-electron chi connectivity index (χ3n) is 3.64. The minimum atomic E-state index is -1.23. The molecule has 1 fully saturated rings. The van der Waals surface area contributed by atoms with E-state index < -0.39 is 17.2 Å². The maximum atomic E-state index is 13.7. The lowest BCUT2D eigenvalue weighted by Crippen LogP contribution is -2.32. The molecule has 0 aromatic heterocycles. The molecule has 1 nitrogen and oxygen atoms in total. The van der Waals surface area contributed by atoms with Gasteiger partial charge in [0.15, 0.2) is 11.6 Å². The summed E-state index contributed by atoms with van der Waals surface area (Å²) in [6.45, 7) is 3.72. The standard InChI is InChI=1S/C14H16F2O/c1-2-10-6-8-14(17,9-7-10)11-4-3-5-12(15)13(11)16/h2-5,10,17H,1,6-9H2. The zero-order valence-corrected chi connectivity index (χ0v) is 9.63. The van der Waals surface area contributed by atoms with Gasteiger partial charge in [-0.1, -0.05) is 18.2 Å². The second-order valence-electron chi connectivity index (χ2n) is 4.71. The number of rotatable bonds is 2. The van der Waals surface area contributed by atoms with Crippen molar-refractivity contribution in [1.29, 1.82) is 0 Å². The van der Waals surface area contributed by atoms with Crippen molar-refractivity contribution in [3.63, 3.8) is 0 Å². The molecule has 2 rings (SSSR count). The summed E-state index contributed by atoms with van der Waals surface area (Å²) in [6.07, 6.45) is 4.28. The van der Waals surface area contributed by atoms with Crippen molar-refractivity contribution in [3.05, 3.63) is 48.1 Å². The van der Waals surface area contributed by atoms with Crippen LogP contribution in [0, 0.1) is 17.6 Å². The number of hydrogen-bond acceptors (Lipinski definition) is 1. The van der Waals surface area contributed by atoms with Crippen molar-refractivity contribution in [1.82, 2.24) is 0 Å². The Morgan fingerprint density at radius 1 is 1.29 bits per heavy atom. The van der Waals surface area contributed by atoms with Crippen LogP contribution in [0.15, 0.2) is 30.9 Å². The van der Waals surface area contributed by atoms with E-state index in [0.29, 0.717) is 18.8 Å². The van der Waals surface area contributed by atoms with Crippen LogP contribution in [0.2, 0.25) is 0 Å². The molecule has 17 heavy (non-hydrogen) atoms. The highest BCUT2D eigenvalue weighted by Gasteiger charge is 2.36. The van der Waals surface area contributed by atoms with Crippen LogP contribution >= 0.6 is 0 Å². The summed E-state index contributed by atoms with van der Waals surface area (Å²) in [5.41, 5.74) is -1.15. The molecule has 0 aliphatic heterocycles. The molecular formula is C14H16F2O. The lowest BCUT2D eigenvalue weighted by atomic mass is 9.75. The van der Waals surface area contributed by atoms with E-state index in [0.717, 1.165) is 18.9 Å². The van der Waals surface area contributed by atoms with Gasteiger partial charge in [0.25, 0.3) is 0 Å². The van der Waals surface area contributed by atoms with E-state index in [2.05, 4.69) is 6.58 Å². The highest BCUT2D eigenvalue weighted by Crippen LogP contribution is 2.40. The highest BCUT2D eigenvalue weighted by atomic mass is 19.2. The number of aliphatic hydroxyl groups is 1. The van der Waals surface area contributed by atoms with E-state index in [9.17, 15) is 13.9 Å². The van der Waals surface area contributed by atoms with Gasteiger partial charge in [-0.25, -0.2) is 8.78 Å². The molecule has 0 spiro atoms. The van der Waals surface area contributed by atoms with Gasteiger partial charge in [-0.2, -0.15) is 0 Å². The lowest BCUT2D eigenvalue weighted by Gasteiger charge is -2.35. The average molecular weight is 238 g/mol. The fraction of sp³-hybridized carbons (Fsp3) is 0.429. The number of benzene rings is 1. The molecule has 1 aliphatic rings. The summed E-state index contributed by atoms with van der Waals surface area (Å²) in [4.78, 5) is 0. The van der Waals surface area contributed by atoms with Gasteiger partial charge in [0.05, 0.1) is 5.60 Å². The Bertz CT molecular complexity index is 420. The molecule has 0 heterocycles. The van der Waals surface area contributed by atoms with E-state index in [1.54, 1.807) is 0 Å². The molecular weight excluding hydrogens is 222 g/mol. The number of allylic oxidation sites excluding steroid dienone is 1. The zero-order valence-electron chi connectivity index (χ0n) is 9.63. The van der Waals surface area contributed by atoms with Gasteiger partial charge in [0, 0.05) is 5.56 Å². The summed E-state index contributed by atoms with van der Waals surface area (Å²) in [6, 6.07) is 3.97. The molecule has 0 atom stereocenters. The fourth-order valence-electron chi connectivity index (χ4n) is 2.49. The van der Waals surface area contributed by atoms with Crippen LogP contribution < -0.4 is 0 Å². The zero-order chi connectivity index (χ0) is 12.5. The van der Waals surface area contributed by atoms with Gasteiger partial charge < -0.3 is 5.11 Å². The fourth-order valence-corrected chi connectivity index (χ4v) is 2.49. The van der Waals surface area contributed by atoms with Crippen molar-refractivity contribution in [3.8, 4) is 0 Å². The topological polar surface area (TPSA) is 20.2 Å². The lowest BCUT2D eigenvalue weighted by molar-refractivity contribution is -0.0123. The summed E-state index contributed by atoms with van der Waals surface area (Å²) >= 11 is 0. The van der Waals surface area contributed by atoms with Gasteiger partial charge in [0.1, 0.15) is 0 Å². The molecule has 1 N–H and O–H groups in total. The van der Waals surface area contributed by atoms with Crippen molar-refractivity contribution in [2.45, 2.75) is 31.3 Å². The minimum Gasteiger partial charge on any atom is -0.385 e. The first-order valence-electron chi connectivity index (χ1n) is 5.86. The van der Waals surface area contributed by atoms with E-state index in [-0.39, 0.29) is 5.56 Å². The van der Waals surface area contributed by atoms with Crippen LogP contribution in [0.5, 0.6) is 0 Å². The molecule has 1 aromatic rings. The number of hydrogen-bond donors (Lipinski definition) is 1. The quantitative estimate of drug-likeness (QED) is 0.781. The van der Waals surface area contributed by atoms with Gasteiger partial charge in [-0.15, -0.1) is 6.58 Å². The van der Waals surface area contributed by atoms with Gasteiger partial charge in [-0.3, -0.25) is 0 Å². The molecule has 1 aromatic carbocycles. The third-order valence-corrected chi connectivity index (χ3v) is 3.64. The van der Waals surface area contributed by atoms with Gasteiger partial charge in [-0.05, 0) is 37.7 Å². The van der Waals surface area contributed by atoms with Crippen molar-refractivity contribution >= 4 is 0 Å². The SMILES string of the molecule is C=CC1CCC(O)(c2cccc(F)c2F)CC1. The van der Waals surface area contributed by atoms with Crippen molar-refractivity contribution < 1.29 is 13.9 Å². The molecule has 0 radical (unpaired) electrons. The summed E-state index contributed by atoms with van der Waals surface area (Å²) in [5, 5.41) is 10.4. The Kier molecular flexibility index (Phi) is 3.29. The van der Waals surface area contributed by atoms with Crippen LogP contribution in [-0.2, 0) is 5.60 Å². The van der Waals surface area contributed by atoms with Crippen LogP contribution in [0.3, 0.4) is 0 Å². The first kappa shape index (κ1) is 12.2. The largest absolute Gasteiger partial charge is 0.385 e. The van der Waals surface area contributed by atoms with Gasteiger partial charge in [0.2, 0.25) is 0 Å². The maximum absolute atomic E-state index is 13.7. The second kappa shape index (κ2) is 4.57. The van der Waals surface area contributed by atoms with Gasteiger partial charge >= 0.3 is 0 Å². The van der Waals surface area contributed by atoms with Crippen LogP contribution in [-0.4, -0.2) is 5.11 Å². The Labute approximate surface area is 99.8 Å². The Morgan fingerprint density at radius 2 is 1.94 bits per heavy atom. The van der Waals surface area contributed by atoms with Crippen LogP contribution in [0.25, 0.3) is 0 Å². The molecule has 1 saturated carbocycles. The van der Waals surface area contributed by atoms with E-state index in [1.807, 2.05) is 6.08 Å². The summed E-state index contributed by atoms with van der Waals surface area (Å²) < 4.78 is 26.8. The Morgan fingerprint density at radius 3 is 2.53 bits per heavy atom. The third kappa shape index (κ3) is 2.25. The first-order chi connectivity index (χ1) is 8.07. The first-order valence-corrected chi connectivity index (χ1v) is 5.86. The van der Waals surface area contributed by atoms with E-state index in [1.165, 1.54) is 12.1 Å². The minimum absolute atomic E-state index is 0.0833. The number of halogens is 2. The summed E-state index contributed by atoms with van der Waals surface area (Å²) in [7, 11) is 0. The monoisotopic (exact) mass is 238 g/mol. The molecule has 92 valence electrons. The Balaban J connectivity index is 2.27. The van der Waals surface area contributed by atoms with Crippen molar-refractivity contribution in [2.75, 3.05) is 0 Å². The summed E-state index contributed by atoms with van der Waals surface area (Å²) in [5.74, 6) is -1.46. The predicted molar refractivity (Wildman–Crippen MR) is 62.4 cm³/mol. The molecule has 1 aliphatic carbocycles. The molecule has 3 heteroatoms. The smallest absolute Gasteiger partial charge is 0.164 e. The average Bonchev–Trinajstić information content (AvgIpc) is 2.33. The van der Waals surface area contributed by atoms with Crippen LogP contribution in [0.1, 0.15) is 31.2 Å².